The number of amides is 2. The highest BCUT2D eigenvalue weighted by atomic mass is 19.4. The molecule has 180 valence electrons. The van der Waals surface area contributed by atoms with E-state index in [1.807, 2.05) is 6.07 Å². The van der Waals surface area contributed by atoms with Crippen molar-refractivity contribution < 1.29 is 27.5 Å². The van der Waals surface area contributed by atoms with E-state index in [1.165, 1.54) is 17.0 Å². The Morgan fingerprint density at radius 3 is 2.71 bits per heavy atom. The van der Waals surface area contributed by atoms with Crippen molar-refractivity contribution in [2.24, 2.45) is 10.2 Å². The van der Waals surface area contributed by atoms with Crippen molar-refractivity contribution in [2.75, 3.05) is 11.9 Å². The van der Waals surface area contributed by atoms with E-state index in [9.17, 15) is 22.8 Å². The molecule has 35 heavy (non-hydrogen) atoms. The number of halogens is 3. The minimum absolute atomic E-state index is 0.155. The summed E-state index contributed by atoms with van der Waals surface area (Å²) in [6.45, 7) is 0.843. The number of fused-ring (bicyclic) bond motifs is 2. The normalized spacial score (nSPS) is 14.4. The lowest BCUT2D eigenvalue weighted by atomic mass is 10.0. The second kappa shape index (κ2) is 8.85. The predicted octanol–water partition coefficient (Wildman–Crippen LogP) is 4.97. The molecule has 12 heteroatoms. The number of nitrogens with zero attached hydrogens (tertiary/aromatic N) is 4. The number of nitrogens with one attached hydrogen (secondary N) is 2. The molecular formula is C23H19F3N6O3. The fourth-order valence-electron chi connectivity index (χ4n) is 3.93. The molecule has 0 aliphatic carbocycles. The van der Waals surface area contributed by atoms with Crippen LogP contribution in [0, 0.1) is 0 Å². The van der Waals surface area contributed by atoms with Crippen LogP contribution in [0.5, 0.6) is 0 Å². The van der Waals surface area contributed by atoms with Crippen molar-refractivity contribution in [1.82, 2.24) is 15.1 Å². The zero-order valence-corrected chi connectivity index (χ0v) is 18.2. The summed E-state index contributed by atoms with van der Waals surface area (Å²) < 4.78 is 43.3. The first-order chi connectivity index (χ1) is 16.8. The molecule has 2 aliphatic rings. The van der Waals surface area contributed by atoms with Crippen LogP contribution in [0.3, 0.4) is 0 Å². The maximum atomic E-state index is 12.8. The molecule has 0 unspecified atom stereocenters. The first kappa shape index (κ1) is 22.6. The van der Waals surface area contributed by atoms with Crippen LogP contribution in [0.25, 0.3) is 0 Å². The number of H-pyrrole nitrogens is 1. The standard InChI is InChI=1S/C23H19F3N6O3/c24-23(25,26)15-4-1-13(2-5-15)12-35-22(34)32-8-7-17-19(11-32)30-31-20(17)21(33)28-16-6-3-14-10-27-29-18(14)9-16/h1-6,9H,7-8,10-12H2,(H,28,33)(H,30,31). The van der Waals surface area contributed by atoms with Gasteiger partial charge in [-0.1, -0.05) is 18.2 Å². The number of ether oxygens (including phenoxy) is 1. The van der Waals surface area contributed by atoms with Crippen LogP contribution < -0.4 is 5.32 Å². The second-order valence-corrected chi connectivity index (χ2v) is 8.15. The van der Waals surface area contributed by atoms with Crippen LogP contribution in [0.4, 0.5) is 29.3 Å². The van der Waals surface area contributed by atoms with Gasteiger partial charge in [0.2, 0.25) is 0 Å². The zero-order valence-electron chi connectivity index (χ0n) is 18.2. The third kappa shape index (κ3) is 4.72. The van der Waals surface area contributed by atoms with Gasteiger partial charge < -0.3 is 15.0 Å². The molecule has 2 N–H and O–H groups in total. The predicted molar refractivity (Wildman–Crippen MR) is 117 cm³/mol. The molecule has 3 aromatic rings. The summed E-state index contributed by atoms with van der Waals surface area (Å²) in [7, 11) is 0. The SMILES string of the molecule is O=C(Nc1ccc2c(c1)N=NC2)c1n[nH]c2c1CCN(C(=O)OCc1ccc(C(F)(F)F)cc1)C2. The molecule has 5 rings (SSSR count). The van der Waals surface area contributed by atoms with Crippen LogP contribution >= 0.6 is 0 Å². The molecule has 2 amide bonds. The van der Waals surface area contributed by atoms with E-state index in [0.29, 0.717) is 36.5 Å². The van der Waals surface area contributed by atoms with Gasteiger partial charge in [-0.2, -0.15) is 28.5 Å². The summed E-state index contributed by atoms with van der Waals surface area (Å²) in [4.78, 5) is 26.7. The minimum Gasteiger partial charge on any atom is -0.445 e. The number of hydrogen-bond acceptors (Lipinski definition) is 6. The maximum Gasteiger partial charge on any atom is 0.416 e. The molecule has 2 aromatic carbocycles. The maximum absolute atomic E-state index is 12.8. The smallest absolute Gasteiger partial charge is 0.416 e. The first-order valence-corrected chi connectivity index (χ1v) is 10.7. The van der Waals surface area contributed by atoms with Crippen molar-refractivity contribution in [3.8, 4) is 0 Å². The number of alkyl halides is 3. The largest absolute Gasteiger partial charge is 0.445 e. The fraction of sp³-hybridized carbons (Fsp3) is 0.261. The molecule has 0 bridgehead atoms. The Bertz CT molecular complexity index is 1320. The van der Waals surface area contributed by atoms with Crippen molar-refractivity contribution in [2.45, 2.75) is 32.3 Å². The highest BCUT2D eigenvalue weighted by Gasteiger charge is 2.30. The molecule has 0 saturated heterocycles. The molecule has 0 saturated carbocycles. The van der Waals surface area contributed by atoms with E-state index in [1.54, 1.807) is 12.1 Å². The van der Waals surface area contributed by atoms with Gasteiger partial charge in [-0.15, -0.1) is 0 Å². The summed E-state index contributed by atoms with van der Waals surface area (Å²) in [6, 6.07) is 9.82. The number of hydrogen-bond donors (Lipinski definition) is 2. The van der Waals surface area contributed by atoms with Crippen molar-refractivity contribution >= 4 is 23.4 Å². The van der Waals surface area contributed by atoms with Crippen LogP contribution in [0.15, 0.2) is 52.7 Å². The van der Waals surface area contributed by atoms with Crippen LogP contribution in [0.2, 0.25) is 0 Å². The van der Waals surface area contributed by atoms with Gasteiger partial charge in [0.05, 0.1) is 30.0 Å². The highest BCUT2D eigenvalue weighted by Crippen LogP contribution is 2.31. The number of anilines is 1. The van der Waals surface area contributed by atoms with Gasteiger partial charge in [0, 0.05) is 23.4 Å². The van der Waals surface area contributed by atoms with E-state index in [4.69, 9.17) is 4.74 Å². The third-order valence-electron chi connectivity index (χ3n) is 5.81. The second-order valence-electron chi connectivity index (χ2n) is 8.15. The summed E-state index contributed by atoms with van der Waals surface area (Å²) in [5.74, 6) is -0.379. The average molecular weight is 484 g/mol. The quantitative estimate of drug-likeness (QED) is 0.544. The molecule has 0 atom stereocenters. The van der Waals surface area contributed by atoms with Crippen molar-refractivity contribution in [3.63, 3.8) is 0 Å². The number of benzene rings is 2. The Labute approximate surface area is 197 Å². The van der Waals surface area contributed by atoms with E-state index >= 15 is 0 Å². The Hall–Kier alpha value is -4.22. The number of rotatable bonds is 4. The van der Waals surface area contributed by atoms with Gasteiger partial charge in [0.25, 0.3) is 5.91 Å². The van der Waals surface area contributed by atoms with E-state index in [2.05, 4.69) is 25.7 Å². The van der Waals surface area contributed by atoms with E-state index in [-0.39, 0.29) is 24.8 Å². The summed E-state index contributed by atoms with van der Waals surface area (Å²) in [5, 5.41) is 17.7. The lowest BCUT2D eigenvalue weighted by Gasteiger charge is -2.26. The Kier molecular flexibility index (Phi) is 5.71. The Morgan fingerprint density at radius 2 is 1.94 bits per heavy atom. The van der Waals surface area contributed by atoms with Gasteiger partial charge >= 0.3 is 12.3 Å². The number of carbonyl (C=O) groups is 2. The van der Waals surface area contributed by atoms with E-state index in [0.717, 1.165) is 28.9 Å². The van der Waals surface area contributed by atoms with Gasteiger partial charge in [0.1, 0.15) is 6.61 Å². The van der Waals surface area contributed by atoms with Gasteiger partial charge in [-0.05, 0) is 36.2 Å². The third-order valence-corrected chi connectivity index (χ3v) is 5.81. The lowest BCUT2D eigenvalue weighted by molar-refractivity contribution is -0.137. The first-order valence-electron chi connectivity index (χ1n) is 10.7. The molecular weight excluding hydrogens is 465 g/mol. The molecule has 9 nitrogen and oxygen atoms in total. The number of azo groups is 1. The number of aromatic amines is 1. The Morgan fingerprint density at radius 1 is 1.14 bits per heavy atom. The summed E-state index contributed by atoms with van der Waals surface area (Å²) in [5.41, 5.74) is 3.55. The minimum atomic E-state index is -4.42. The van der Waals surface area contributed by atoms with Crippen molar-refractivity contribution in [3.05, 3.63) is 76.1 Å². The van der Waals surface area contributed by atoms with E-state index < -0.39 is 17.8 Å². The molecule has 0 spiro atoms. The van der Waals surface area contributed by atoms with Crippen LogP contribution in [-0.2, 0) is 37.0 Å². The number of carbonyl (C=O) groups excluding carboxylic acids is 2. The molecule has 1 aromatic heterocycles. The fourth-order valence-corrected chi connectivity index (χ4v) is 3.93. The van der Waals surface area contributed by atoms with Crippen LogP contribution in [0.1, 0.15) is 38.4 Å². The zero-order chi connectivity index (χ0) is 24.6. The van der Waals surface area contributed by atoms with Gasteiger partial charge in [-0.25, -0.2) is 4.79 Å². The van der Waals surface area contributed by atoms with Crippen molar-refractivity contribution in [1.29, 1.82) is 0 Å². The number of aromatic nitrogens is 2. The van der Waals surface area contributed by atoms with Gasteiger partial charge in [-0.3, -0.25) is 9.89 Å². The van der Waals surface area contributed by atoms with Crippen LogP contribution in [-0.4, -0.2) is 33.6 Å². The van der Waals surface area contributed by atoms with Gasteiger partial charge in [0.15, 0.2) is 5.69 Å². The topological polar surface area (TPSA) is 112 Å². The highest BCUT2D eigenvalue weighted by molar-refractivity contribution is 6.04. The average Bonchev–Trinajstić information content (AvgIpc) is 3.48. The summed E-state index contributed by atoms with van der Waals surface area (Å²) >= 11 is 0. The Balaban J connectivity index is 1.18. The molecule has 2 aliphatic heterocycles. The molecule has 3 heterocycles. The molecule has 0 fully saturated rings. The lowest BCUT2D eigenvalue weighted by Crippen LogP contribution is -2.36. The monoisotopic (exact) mass is 484 g/mol. The summed E-state index contributed by atoms with van der Waals surface area (Å²) in [6.07, 6.45) is -4.64. The molecule has 0 radical (unpaired) electrons.